The first-order valence-corrected chi connectivity index (χ1v) is 13.7. The molecule has 0 spiro atoms. The molecule has 4 bridgehead atoms. The molecular weight excluding hydrogens is 426 g/mol. The summed E-state index contributed by atoms with van der Waals surface area (Å²) in [6.45, 7) is 3.95. The van der Waals surface area contributed by atoms with Crippen LogP contribution in [0.15, 0.2) is 18.2 Å². The molecule has 7 heteroatoms. The second-order valence-electron chi connectivity index (χ2n) is 11.1. The van der Waals surface area contributed by atoms with Crippen LogP contribution in [0.5, 0.6) is 0 Å². The molecule has 5 fully saturated rings. The largest absolute Gasteiger partial charge is 0.455 e. The minimum atomic E-state index is -3.06. The van der Waals surface area contributed by atoms with Crippen LogP contribution in [-0.2, 0) is 29.6 Å². The lowest BCUT2D eigenvalue weighted by Crippen LogP contribution is -2.57. The fraction of sp³-hybridized carbons (Fsp3) is 0.680. The fourth-order valence-corrected chi connectivity index (χ4v) is 9.05. The molecular formula is C25H33NO5S. The van der Waals surface area contributed by atoms with Crippen LogP contribution in [0.3, 0.4) is 0 Å². The monoisotopic (exact) mass is 459 g/mol. The Hall–Kier alpha value is -1.89. The summed E-state index contributed by atoms with van der Waals surface area (Å²) < 4.78 is 28.8. The maximum absolute atomic E-state index is 13.3. The standard InChI is InChI=1S/C25H33NO5S/c1-16-3-4-20(7-17(16)2)24-9-18-8-19(10-24)12-25(11-18,15-24)23(28)31-13-22(27)26-21-5-6-32(29,30)14-21/h3-4,7,18-19,21H,5-6,8-15H2,1-2H3,(H,26,27)/t18-,19-,21-,24?,25?/m1/s1. The third kappa shape index (κ3) is 3.87. The van der Waals surface area contributed by atoms with Crippen molar-refractivity contribution in [2.45, 2.75) is 70.3 Å². The molecule has 0 unspecified atom stereocenters. The number of carbonyl (C=O) groups is 2. The lowest BCUT2D eigenvalue weighted by atomic mass is 9.43. The van der Waals surface area contributed by atoms with E-state index in [0.29, 0.717) is 18.3 Å². The van der Waals surface area contributed by atoms with Gasteiger partial charge in [-0.2, -0.15) is 0 Å². The maximum Gasteiger partial charge on any atom is 0.312 e. The van der Waals surface area contributed by atoms with Gasteiger partial charge in [0.25, 0.3) is 5.91 Å². The van der Waals surface area contributed by atoms with Crippen LogP contribution in [0.2, 0.25) is 0 Å². The normalized spacial score (nSPS) is 36.8. The van der Waals surface area contributed by atoms with Crippen LogP contribution in [0.1, 0.15) is 61.6 Å². The number of benzene rings is 1. The van der Waals surface area contributed by atoms with Gasteiger partial charge in [0, 0.05) is 6.04 Å². The number of nitrogens with one attached hydrogen (secondary N) is 1. The second-order valence-corrected chi connectivity index (χ2v) is 13.3. The second kappa shape index (κ2) is 7.57. The highest BCUT2D eigenvalue weighted by Crippen LogP contribution is 2.66. The number of hydrogen-bond acceptors (Lipinski definition) is 5. The molecule has 0 radical (unpaired) electrons. The van der Waals surface area contributed by atoms with E-state index < -0.39 is 21.2 Å². The van der Waals surface area contributed by atoms with Crippen molar-refractivity contribution in [3.8, 4) is 0 Å². The molecule has 6 nitrogen and oxygen atoms in total. The smallest absolute Gasteiger partial charge is 0.312 e. The molecule has 4 saturated carbocycles. The van der Waals surface area contributed by atoms with Crippen LogP contribution < -0.4 is 5.32 Å². The van der Waals surface area contributed by atoms with Gasteiger partial charge in [-0.3, -0.25) is 9.59 Å². The van der Waals surface area contributed by atoms with Gasteiger partial charge in [0.2, 0.25) is 0 Å². The number of aryl methyl sites for hydroxylation is 2. The summed E-state index contributed by atoms with van der Waals surface area (Å²) in [7, 11) is -3.06. The average Bonchev–Trinajstić information content (AvgIpc) is 3.05. The molecule has 3 atom stereocenters. The van der Waals surface area contributed by atoms with E-state index in [0.717, 1.165) is 32.1 Å². The zero-order valence-electron chi connectivity index (χ0n) is 19.0. The average molecular weight is 460 g/mol. The van der Waals surface area contributed by atoms with E-state index in [2.05, 4.69) is 37.4 Å². The van der Waals surface area contributed by atoms with Crippen LogP contribution in [0, 0.1) is 31.1 Å². The van der Waals surface area contributed by atoms with Crippen molar-refractivity contribution in [1.82, 2.24) is 5.32 Å². The Morgan fingerprint density at radius 1 is 1.09 bits per heavy atom. The van der Waals surface area contributed by atoms with E-state index in [1.807, 2.05) is 0 Å². The molecule has 1 N–H and O–H groups in total. The number of sulfone groups is 1. The van der Waals surface area contributed by atoms with Gasteiger partial charge in [0.05, 0.1) is 16.9 Å². The Labute approximate surface area is 190 Å². The quantitative estimate of drug-likeness (QED) is 0.684. The first kappa shape index (κ1) is 21.9. The molecule has 4 aliphatic carbocycles. The van der Waals surface area contributed by atoms with E-state index in [9.17, 15) is 18.0 Å². The molecule has 1 heterocycles. The molecule has 32 heavy (non-hydrogen) atoms. The summed E-state index contributed by atoms with van der Waals surface area (Å²) in [5, 5.41) is 2.71. The van der Waals surface area contributed by atoms with Gasteiger partial charge >= 0.3 is 5.97 Å². The molecule has 174 valence electrons. The van der Waals surface area contributed by atoms with Crippen LogP contribution in [-0.4, -0.2) is 44.4 Å². The van der Waals surface area contributed by atoms with Gasteiger partial charge in [-0.25, -0.2) is 8.42 Å². The predicted molar refractivity (Wildman–Crippen MR) is 121 cm³/mol. The first-order valence-electron chi connectivity index (χ1n) is 11.8. The van der Waals surface area contributed by atoms with Crippen LogP contribution >= 0.6 is 0 Å². The number of rotatable bonds is 5. The van der Waals surface area contributed by atoms with Crippen molar-refractivity contribution in [1.29, 1.82) is 0 Å². The predicted octanol–water partition coefficient (Wildman–Crippen LogP) is 2.99. The summed E-state index contributed by atoms with van der Waals surface area (Å²) in [4.78, 5) is 25.7. The zero-order valence-corrected chi connectivity index (χ0v) is 19.8. The van der Waals surface area contributed by atoms with Gasteiger partial charge in [-0.05, 0) is 92.7 Å². The minimum Gasteiger partial charge on any atom is -0.455 e. The van der Waals surface area contributed by atoms with Gasteiger partial charge in [-0.15, -0.1) is 0 Å². The zero-order chi connectivity index (χ0) is 22.7. The summed E-state index contributed by atoms with van der Waals surface area (Å²) in [5.74, 6) is 0.483. The number of amides is 1. The van der Waals surface area contributed by atoms with Crippen molar-refractivity contribution in [2.75, 3.05) is 18.1 Å². The van der Waals surface area contributed by atoms with Crippen molar-refractivity contribution >= 4 is 21.7 Å². The van der Waals surface area contributed by atoms with E-state index in [1.165, 1.54) is 23.1 Å². The van der Waals surface area contributed by atoms with Gasteiger partial charge in [0.15, 0.2) is 16.4 Å². The Morgan fingerprint density at radius 3 is 2.44 bits per heavy atom. The third-order valence-corrected chi connectivity index (χ3v) is 10.3. The van der Waals surface area contributed by atoms with Crippen molar-refractivity contribution < 1.29 is 22.7 Å². The highest BCUT2D eigenvalue weighted by atomic mass is 32.2. The van der Waals surface area contributed by atoms with Crippen molar-refractivity contribution in [2.24, 2.45) is 17.3 Å². The SMILES string of the molecule is Cc1ccc(C23C[C@H]4C[C@@H](CC(C(=O)OCC(=O)N[C@@H]5CCS(=O)(=O)C5)(C4)C2)C3)cc1C. The number of esters is 1. The topological polar surface area (TPSA) is 89.5 Å². The molecule has 1 amide bonds. The van der Waals surface area contributed by atoms with Gasteiger partial charge < -0.3 is 10.1 Å². The van der Waals surface area contributed by atoms with Crippen molar-refractivity contribution in [3.63, 3.8) is 0 Å². The Kier molecular flexibility index (Phi) is 5.19. The molecule has 5 aliphatic rings. The van der Waals surface area contributed by atoms with Crippen molar-refractivity contribution in [3.05, 3.63) is 34.9 Å². The Morgan fingerprint density at radius 2 is 1.81 bits per heavy atom. The van der Waals surface area contributed by atoms with E-state index >= 15 is 0 Å². The maximum atomic E-state index is 13.3. The lowest BCUT2D eigenvalue weighted by molar-refractivity contribution is -0.175. The number of carbonyl (C=O) groups excluding carboxylic acids is 2. The summed E-state index contributed by atoms with van der Waals surface area (Å²) in [6, 6.07) is 6.38. The van der Waals surface area contributed by atoms with Crippen LogP contribution in [0.4, 0.5) is 0 Å². The highest BCUT2D eigenvalue weighted by Gasteiger charge is 2.61. The summed E-state index contributed by atoms with van der Waals surface area (Å²) in [6.07, 6.45) is 6.41. The van der Waals surface area contributed by atoms with Gasteiger partial charge in [0.1, 0.15) is 0 Å². The van der Waals surface area contributed by atoms with Crippen LogP contribution in [0.25, 0.3) is 0 Å². The minimum absolute atomic E-state index is 0.0293. The molecule has 1 aromatic carbocycles. The summed E-state index contributed by atoms with van der Waals surface area (Å²) >= 11 is 0. The lowest BCUT2D eigenvalue weighted by Gasteiger charge is -2.61. The Bertz CT molecular complexity index is 1050. The first-order chi connectivity index (χ1) is 15.1. The van der Waals surface area contributed by atoms with E-state index in [4.69, 9.17) is 4.74 Å². The van der Waals surface area contributed by atoms with E-state index in [-0.39, 0.29) is 35.5 Å². The molecule has 0 aromatic heterocycles. The fourth-order valence-electron chi connectivity index (χ4n) is 7.37. The molecule has 6 rings (SSSR count). The molecule has 1 aliphatic heterocycles. The summed E-state index contributed by atoms with van der Waals surface area (Å²) in [5.41, 5.74) is 3.46. The highest BCUT2D eigenvalue weighted by molar-refractivity contribution is 7.91. The molecule has 1 saturated heterocycles. The van der Waals surface area contributed by atoms with E-state index in [1.54, 1.807) is 0 Å². The third-order valence-electron chi connectivity index (χ3n) is 8.55. The number of ether oxygens (including phenoxy) is 1. The van der Waals surface area contributed by atoms with Gasteiger partial charge in [-0.1, -0.05) is 18.2 Å². The number of hydrogen-bond donors (Lipinski definition) is 1. The Balaban J connectivity index is 1.28. The molecule has 1 aromatic rings.